The molecular formula is C27H33O2P. The van der Waals surface area contributed by atoms with Crippen LogP contribution in [0.3, 0.4) is 0 Å². The van der Waals surface area contributed by atoms with Crippen molar-refractivity contribution in [1.29, 1.82) is 0 Å². The van der Waals surface area contributed by atoms with Crippen molar-refractivity contribution in [1.82, 2.24) is 0 Å². The number of hydrogen-bond acceptors (Lipinski definition) is 2. The molecule has 0 radical (unpaired) electrons. The summed E-state index contributed by atoms with van der Waals surface area (Å²) in [5.41, 5.74) is 4.66. The van der Waals surface area contributed by atoms with E-state index in [4.69, 9.17) is 4.74 Å². The van der Waals surface area contributed by atoms with Crippen LogP contribution in [0.1, 0.15) is 62.0 Å². The van der Waals surface area contributed by atoms with E-state index in [9.17, 15) is 5.11 Å². The number of hydrogen-bond donors (Lipinski definition) is 1. The van der Waals surface area contributed by atoms with Crippen LogP contribution in [0.5, 0.6) is 5.75 Å². The summed E-state index contributed by atoms with van der Waals surface area (Å²) in [7, 11) is 0.559. The summed E-state index contributed by atoms with van der Waals surface area (Å²) >= 11 is 0. The number of ether oxygens (including phenoxy) is 1. The maximum Gasteiger partial charge on any atom is 0.123 e. The highest BCUT2D eigenvalue weighted by molar-refractivity contribution is 7.48. The van der Waals surface area contributed by atoms with Gasteiger partial charge in [-0.15, -0.1) is 0 Å². The van der Waals surface area contributed by atoms with E-state index in [-0.39, 0.29) is 5.16 Å². The zero-order valence-electron chi connectivity index (χ0n) is 18.5. The van der Waals surface area contributed by atoms with E-state index in [0.717, 1.165) is 24.2 Å². The van der Waals surface area contributed by atoms with E-state index >= 15 is 0 Å². The average Bonchev–Trinajstić information content (AvgIpc) is 2.78. The Bertz CT molecular complexity index is 946. The summed E-state index contributed by atoms with van der Waals surface area (Å²) in [4.78, 5) is 0. The standard InChI is InChI=1S/C27H33O2P/c1-5-27(6-2,30-26-17-16-20(3)18-23(26)21(4)28)24-14-10-11-15-25(24)29-19-22-12-8-7-9-13-22/h7-18,21,28,30H,5-6,19H2,1-4H3. The van der Waals surface area contributed by atoms with Crippen LogP contribution in [0.4, 0.5) is 0 Å². The van der Waals surface area contributed by atoms with Crippen LogP contribution in [0, 0.1) is 6.92 Å². The SMILES string of the molecule is CCC(CC)(Pc1ccc(C)cc1C(C)O)c1ccccc1OCc1ccccc1. The molecule has 0 aromatic heterocycles. The number of aryl methyl sites for hydroxylation is 1. The van der Waals surface area contributed by atoms with Crippen molar-refractivity contribution in [3.8, 4) is 5.75 Å². The first-order chi connectivity index (χ1) is 14.5. The van der Waals surface area contributed by atoms with Crippen LogP contribution in [0.25, 0.3) is 0 Å². The molecule has 3 heteroatoms. The number of para-hydroxylation sites is 1. The highest BCUT2D eigenvalue weighted by Crippen LogP contribution is 2.50. The Hall–Kier alpha value is -2.15. The van der Waals surface area contributed by atoms with Crippen LogP contribution in [-0.2, 0) is 11.8 Å². The minimum absolute atomic E-state index is 0.0216. The van der Waals surface area contributed by atoms with E-state index in [0.29, 0.717) is 15.2 Å². The van der Waals surface area contributed by atoms with E-state index in [1.54, 1.807) is 0 Å². The predicted octanol–water partition coefficient (Wildman–Crippen LogP) is 6.65. The average molecular weight is 421 g/mol. The van der Waals surface area contributed by atoms with E-state index in [2.05, 4.69) is 75.4 Å². The fourth-order valence-electron chi connectivity index (χ4n) is 4.00. The monoisotopic (exact) mass is 420 g/mol. The van der Waals surface area contributed by atoms with Crippen LogP contribution >= 0.6 is 8.58 Å². The van der Waals surface area contributed by atoms with Gasteiger partial charge in [0.2, 0.25) is 0 Å². The van der Waals surface area contributed by atoms with Gasteiger partial charge in [0.1, 0.15) is 12.4 Å². The Morgan fingerprint density at radius 2 is 1.60 bits per heavy atom. The molecule has 2 nitrogen and oxygen atoms in total. The number of aliphatic hydroxyl groups is 1. The second-order valence-electron chi connectivity index (χ2n) is 7.95. The number of aliphatic hydroxyl groups excluding tert-OH is 1. The molecule has 0 saturated heterocycles. The molecule has 0 saturated carbocycles. The molecule has 3 rings (SSSR count). The molecule has 0 aliphatic carbocycles. The summed E-state index contributed by atoms with van der Waals surface area (Å²) in [6, 6.07) is 25.3. The van der Waals surface area contributed by atoms with Crippen LogP contribution in [0.15, 0.2) is 72.8 Å². The first-order valence-electron chi connectivity index (χ1n) is 10.8. The van der Waals surface area contributed by atoms with Gasteiger partial charge in [-0.2, -0.15) is 0 Å². The van der Waals surface area contributed by atoms with Crippen molar-refractivity contribution in [2.45, 2.75) is 58.4 Å². The number of rotatable bonds is 9. The largest absolute Gasteiger partial charge is 0.489 e. The molecule has 30 heavy (non-hydrogen) atoms. The molecule has 2 unspecified atom stereocenters. The van der Waals surface area contributed by atoms with Crippen LogP contribution in [0.2, 0.25) is 0 Å². The van der Waals surface area contributed by atoms with Gasteiger partial charge >= 0.3 is 0 Å². The third-order valence-corrected chi connectivity index (χ3v) is 8.06. The minimum Gasteiger partial charge on any atom is -0.489 e. The lowest BCUT2D eigenvalue weighted by Gasteiger charge is -2.35. The molecule has 0 heterocycles. The Kier molecular flexibility index (Phi) is 7.69. The summed E-state index contributed by atoms with van der Waals surface area (Å²) in [5.74, 6) is 0.961. The molecule has 0 fully saturated rings. The van der Waals surface area contributed by atoms with Gasteiger partial charge in [-0.05, 0) is 49.2 Å². The van der Waals surface area contributed by atoms with Gasteiger partial charge in [-0.1, -0.05) is 94.7 Å². The second-order valence-corrected chi connectivity index (χ2v) is 9.70. The molecular weight excluding hydrogens is 387 g/mol. The number of benzene rings is 3. The summed E-state index contributed by atoms with van der Waals surface area (Å²) in [5, 5.41) is 11.6. The quantitative estimate of drug-likeness (QED) is 0.393. The Balaban J connectivity index is 1.96. The molecule has 0 spiro atoms. The van der Waals surface area contributed by atoms with E-state index in [1.807, 2.05) is 25.1 Å². The minimum atomic E-state index is -0.469. The lowest BCUT2D eigenvalue weighted by molar-refractivity contribution is 0.200. The molecule has 0 aliphatic heterocycles. The Morgan fingerprint density at radius 3 is 2.27 bits per heavy atom. The first-order valence-corrected chi connectivity index (χ1v) is 11.8. The van der Waals surface area contributed by atoms with Gasteiger partial charge in [0, 0.05) is 10.7 Å². The van der Waals surface area contributed by atoms with Crippen molar-refractivity contribution >= 4 is 13.9 Å². The predicted molar refractivity (Wildman–Crippen MR) is 129 cm³/mol. The van der Waals surface area contributed by atoms with Crippen molar-refractivity contribution in [3.05, 3.63) is 95.1 Å². The van der Waals surface area contributed by atoms with Gasteiger partial charge in [-0.3, -0.25) is 0 Å². The second kappa shape index (κ2) is 10.2. The normalized spacial score (nSPS) is 13.0. The zero-order valence-corrected chi connectivity index (χ0v) is 19.5. The molecule has 0 amide bonds. The molecule has 0 bridgehead atoms. The van der Waals surface area contributed by atoms with Gasteiger partial charge in [0.05, 0.1) is 6.10 Å². The third-order valence-electron chi connectivity index (χ3n) is 5.88. The van der Waals surface area contributed by atoms with Crippen molar-refractivity contribution < 1.29 is 9.84 Å². The van der Waals surface area contributed by atoms with Gasteiger partial charge in [0.25, 0.3) is 0 Å². The van der Waals surface area contributed by atoms with Gasteiger partial charge < -0.3 is 9.84 Å². The van der Waals surface area contributed by atoms with Crippen molar-refractivity contribution in [3.63, 3.8) is 0 Å². The molecule has 3 aromatic rings. The third kappa shape index (κ3) is 5.12. The summed E-state index contributed by atoms with van der Waals surface area (Å²) < 4.78 is 6.32. The van der Waals surface area contributed by atoms with E-state index in [1.165, 1.54) is 22.0 Å². The molecule has 2 atom stereocenters. The fraction of sp³-hybridized carbons (Fsp3) is 0.333. The van der Waals surface area contributed by atoms with Crippen LogP contribution in [-0.4, -0.2) is 5.11 Å². The summed E-state index contributed by atoms with van der Waals surface area (Å²) in [6.45, 7) is 9.03. The lowest BCUT2D eigenvalue weighted by Crippen LogP contribution is -2.24. The maximum atomic E-state index is 10.4. The molecule has 158 valence electrons. The van der Waals surface area contributed by atoms with Gasteiger partial charge in [-0.25, -0.2) is 0 Å². The summed E-state index contributed by atoms with van der Waals surface area (Å²) in [6.07, 6.45) is 1.56. The molecule has 3 aromatic carbocycles. The van der Waals surface area contributed by atoms with Crippen molar-refractivity contribution in [2.75, 3.05) is 0 Å². The van der Waals surface area contributed by atoms with Crippen LogP contribution < -0.4 is 10.0 Å². The smallest absolute Gasteiger partial charge is 0.123 e. The lowest BCUT2D eigenvalue weighted by atomic mass is 9.92. The topological polar surface area (TPSA) is 29.5 Å². The Morgan fingerprint density at radius 1 is 0.933 bits per heavy atom. The van der Waals surface area contributed by atoms with Crippen molar-refractivity contribution in [2.24, 2.45) is 0 Å². The first kappa shape index (κ1) is 22.5. The maximum absolute atomic E-state index is 10.4. The van der Waals surface area contributed by atoms with E-state index < -0.39 is 6.10 Å². The zero-order chi connectivity index (χ0) is 21.6. The fourth-order valence-corrected chi connectivity index (χ4v) is 5.80. The molecule has 0 aliphatic rings. The Labute approximate surface area is 183 Å². The molecule has 1 N–H and O–H groups in total. The van der Waals surface area contributed by atoms with Gasteiger partial charge in [0.15, 0.2) is 0 Å². The highest BCUT2D eigenvalue weighted by Gasteiger charge is 2.32. The highest BCUT2D eigenvalue weighted by atomic mass is 31.1.